The van der Waals surface area contributed by atoms with Gasteiger partial charge in [-0.2, -0.15) is 0 Å². The molecule has 2 N–H and O–H groups in total. The number of hydrogen-bond acceptors (Lipinski definition) is 6. The van der Waals surface area contributed by atoms with Crippen LogP contribution in [0.1, 0.15) is 16.2 Å². The summed E-state index contributed by atoms with van der Waals surface area (Å²) in [4.78, 5) is 21.3. The number of benzene rings is 2. The fourth-order valence-electron chi connectivity index (χ4n) is 2.48. The number of rotatable bonds is 6. The number of carbonyl (C=O) groups is 1. The number of ether oxygens (including phenoxy) is 2. The van der Waals surface area contributed by atoms with Crippen LogP contribution in [-0.4, -0.2) is 30.1 Å². The van der Waals surface area contributed by atoms with Crippen LogP contribution in [0.5, 0.6) is 11.5 Å². The highest BCUT2D eigenvalue weighted by Gasteiger charge is 2.14. The highest BCUT2D eigenvalue weighted by atomic mass is 16.5. The van der Waals surface area contributed by atoms with Gasteiger partial charge in [-0.15, -0.1) is 0 Å². The lowest BCUT2D eigenvalue weighted by molar-refractivity contribution is 0.102. The Kier molecular flexibility index (Phi) is 5.51. The molecule has 7 heteroatoms. The molecule has 0 atom stereocenters. The maximum atomic E-state index is 12.7. The van der Waals surface area contributed by atoms with E-state index in [0.717, 1.165) is 5.69 Å². The summed E-state index contributed by atoms with van der Waals surface area (Å²) >= 11 is 0. The minimum Gasteiger partial charge on any atom is -0.497 e. The van der Waals surface area contributed by atoms with Crippen molar-refractivity contribution in [1.82, 2.24) is 9.97 Å². The SMILES string of the molecule is COc1ccc(NC(=O)c2cc(C)nc(Nc3ccccc3)n2)c(OC)c1. The zero-order valence-corrected chi connectivity index (χ0v) is 15.3. The number of methoxy groups -OCH3 is 2. The summed E-state index contributed by atoms with van der Waals surface area (Å²) in [6.45, 7) is 1.81. The Morgan fingerprint density at radius 2 is 1.74 bits per heavy atom. The number of carbonyl (C=O) groups excluding carboxylic acids is 1. The summed E-state index contributed by atoms with van der Waals surface area (Å²) in [6, 6.07) is 16.3. The van der Waals surface area contributed by atoms with Crippen LogP contribution in [0.3, 0.4) is 0 Å². The van der Waals surface area contributed by atoms with Gasteiger partial charge in [0.25, 0.3) is 5.91 Å². The molecule has 7 nitrogen and oxygen atoms in total. The molecule has 0 spiro atoms. The van der Waals surface area contributed by atoms with E-state index in [0.29, 0.717) is 28.8 Å². The molecule has 138 valence electrons. The molecule has 2 aromatic carbocycles. The molecule has 1 aromatic heterocycles. The Morgan fingerprint density at radius 3 is 2.44 bits per heavy atom. The van der Waals surface area contributed by atoms with E-state index < -0.39 is 0 Å². The van der Waals surface area contributed by atoms with Gasteiger partial charge in [0.2, 0.25) is 5.95 Å². The highest BCUT2D eigenvalue weighted by molar-refractivity contribution is 6.04. The fourth-order valence-corrected chi connectivity index (χ4v) is 2.48. The Hall–Kier alpha value is -3.61. The summed E-state index contributed by atoms with van der Waals surface area (Å²) in [6.07, 6.45) is 0. The normalized spacial score (nSPS) is 10.2. The molecular weight excluding hydrogens is 344 g/mol. The molecular formula is C20H20N4O3. The molecule has 3 aromatic rings. The minimum atomic E-state index is -0.361. The number of nitrogens with one attached hydrogen (secondary N) is 2. The lowest BCUT2D eigenvalue weighted by atomic mass is 10.2. The average Bonchev–Trinajstić information content (AvgIpc) is 2.68. The van der Waals surface area contributed by atoms with Crippen molar-refractivity contribution in [3.8, 4) is 11.5 Å². The van der Waals surface area contributed by atoms with Crippen LogP contribution < -0.4 is 20.1 Å². The molecule has 0 aliphatic heterocycles. The summed E-state index contributed by atoms with van der Waals surface area (Å²) in [5.41, 5.74) is 2.29. The number of nitrogens with zero attached hydrogens (tertiary/aromatic N) is 2. The Labute approximate surface area is 157 Å². The predicted octanol–water partition coefficient (Wildman–Crippen LogP) is 3.80. The van der Waals surface area contributed by atoms with Crippen molar-refractivity contribution in [2.24, 2.45) is 0 Å². The van der Waals surface area contributed by atoms with Crippen molar-refractivity contribution in [3.63, 3.8) is 0 Å². The van der Waals surface area contributed by atoms with Crippen molar-refractivity contribution < 1.29 is 14.3 Å². The Bertz CT molecular complexity index is 945. The topological polar surface area (TPSA) is 85.4 Å². The second kappa shape index (κ2) is 8.18. The number of anilines is 3. The summed E-state index contributed by atoms with van der Waals surface area (Å²) in [5.74, 6) is 1.13. The fraction of sp³-hybridized carbons (Fsp3) is 0.150. The minimum absolute atomic E-state index is 0.249. The second-order valence-corrected chi connectivity index (χ2v) is 5.73. The molecule has 0 unspecified atom stereocenters. The molecule has 0 bridgehead atoms. The molecule has 0 radical (unpaired) electrons. The van der Waals surface area contributed by atoms with Gasteiger partial charge in [-0.1, -0.05) is 18.2 Å². The van der Waals surface area contributed by atoms with E-state index in [2.05, 4.69) is 20.6 Å². The van der Waals surface area contributed by atoms with Crippen LogP contribution in [0.2, 0.25) is 0 Å². The van der Waals surface area contributed by atoms with Gasteiger partial charge in [0.15, 0.2) is 0 Å². The third-order valence-corrected chi connectivity index (χ3v) is 3.77. The predicted molar refractivity (Wildman–Crippen MR) is 104 cm³/mol. The number of para-hydroxylation sites is 1. The molecule has 0 fully saturated rings. The third-order valence-electron chi connectivity index (χ3n) is 3.77. The van der Waals surface area contributed by atoms with E-state index in [1.165, 1.54) is 7.11 Å². The summed E-state index contributed by atoms with van der Waals surface area (Å²) < 4.78 is 10.5. The van der Waals surface area contributed by atoms with Crippen LogP contribution in [0.25, 0.3) is 0 Å². The van der Waals surface area contributed by atoms with E-state index in [1.54, 1.807) is 31.4 Å². The zero-order valence-electron chi connectivity index (χ0n) is 15.3. The van der Waals surface area contributed by atoms with Gasteiger partial charge in [0.1, 0.15) is 17.2 Å². The molecule has 0 saturated carbocycles. The number of amides is 1. The quantitative estimate of drug-likeness (QED) is 0.692. The molecule has 1 heterocycles. The van der Waals surface area contributed by atoms with E-state index in [4.69, 9.17) is 9.47 Å². The molecule has 27 heavy (non-hydrogen) atoms. The molecule has 0 aliphatic carbocycles. The Balaban J connectivity index is 1.83. The molecule has 1 amide bonds. The van der Waals surface area contributed by atoms with Crippen molar-refractivity contribution in [3.05, 3.63) is 66.0 Å². The highest BCUT2D eigenvalue weighted by Crippen LogP contribution is 2.29. The summed E-state index contributed by atoms with van der Waals surface area (Å²) in [7, 11) is 3.10. The van der Waals surface area contributed by atoms with E-state index in [9.17, 15) is 4.79 Å². The van der Waals surface area contributed by atoms with Gasteiger partial charge < -0.3 is 20.1 Å². The maximum Gasteiger partial charge on any atom is 0.274 e. The van der Waals surface area contributed by atoms with Crippen molar-refractivity contribution in [2.45, 2.75) is 6.92 Å². The van der Waals surface area contributed by atoms with Gasteiger partial charge in [0.05, 0.1) is 19.9 Å². The van der Waals surface area contributed by atoms with Crippen LogP contribution >= 0.6 is 0 Å². The van der Waals surface area contributed by atoms with E-state index >= 15 is 0 Å². The second-order valence-electron chi connectivity index (χ2n) is 5.73. The zero-order chi connectivity index (χ0) is 19.2. The first-order valence-corrected chi connectivity index (χ1v) is 8.30. The van der Waals surface area contributed by atoms with Crippen molar-refractivity contribution in [1.29, 1.82) is 0 Å². The molecule has 3 rings (SSSR count). The largest absolute Gasteiger partial charge is 0.497 e. The monoisotopic (exact) mass is 364 g/mol. The third kappa shape index (κ3) is 4.52. The smallest absolute Gasteiger partial charge is 0.274 e. The average molecular weight is 364 g/mol. The number of aromatic nitrogens is 2. The first kappa shape index (κ1) is 18.2. The standard InChI is InChI=1S/C20H20N4O3/c1-13-11-17(24-20(21-13)22-14-7-5-4-6-8-14)19(25)23-16-10-9-15(26-2)12-18(16)27-3/h4-12H,1-3H3,(H,23,25)(H,21,22,24). The van der Waals surface area contributed by atoms with Gasteiger partial charge >= 0.3 is 0 Å². The van der Waals surface area contributed by atoms with Crippen LogP contribution in [-0.2, 0) is 0 Å². The number of aryl methyl sites for hydroxylation is 1. The van der Waals surface area contributed by atoms with Crippen LogP contribution in [0, 0.1) is 6.92 Å². The Morgan fingerprint density at radius 1 is 0.963 bits per heavy atom. The summed E-state index contributed by atoms with van der Waals surface area (Å²) in [5, 5.41) is 5.91. The van der Waals surface area contributed by atoms with E-state index in [-0.39, 0.29) is 11.6 Å². The van der Waals surface area contributed by atoms with Crippen LogP contribution in [0.4, 0.5) is 17.3 Å². The van der Waals surface area contributed by atoms with Crippen LogP contribution in [0.15, 0.2) is 54.6 Å². The number of hydrogen-bond donors (Lipinski definition) is 2. The van der Waals surface area contributed by atoms with Gasteiger partial charge in [0, 0.05) is 17.4 Å². The first-order valence-electron chi connectivity index (χ1n) is 8.30. The van der Waals surface area contributed by atoms with E-state index in [1.807, 2.05) is 37.3 Å². The van der Waals surface area contributed by atoms with Crippen molar-refractivity contribution >= 4 is 23.2 Å². The molecule has 0 aliphatic rings. The van der Waals surface area contributed by atoms with Gasteiger partial charge in [-0.05, 0) is 37.3 Å². The van der Waals surface area contributed by atoms with Gasteiger partial charge in [-0.25, -0.2) is 9.97 Å². The van der Waals surface area contributed by atoms with Gasteiger partial charge in [-0.3, -0.25) is 4.79 Å². The van der Waals surface area contributed by atoms with Crippen molar-refractivity contribution in [2.75, 3.05) is 24.9 Å². The first-order chi connectivity index (χ1) is 13.1. The lowest BCUT2D eigenvalue weighted by Gasteiger charge is -2.12. The maximum absolute atomic E-state index is 12.7. The lowest BCUT2D eigenvalue weighted by Crippen LogP contribution is -2.16. The molecule has 0 saturated heterocycles.